The highest BCUT2D eigenvalue weighted by Gasteiger charge is 2.07. The summed E-state index contributed by atoms with van der Waals surface area (Å²) in [4.78, 5) is 21.0. The number of fused-ring (bicyclic) bond motifs is 1. The molecule has 0 aliphatic rings. The van der Waals surface area contributed by atoms with Gasteiger partial charge >= 0.3 is 5.69 Å². The normalized spacial score (nSPS) is 10.9. The van der Waals surface area contributed by atoms with Gasteiger partial charge in [0.15, 0.2) is 5.65 Å². The molecule has 0 atom stereocenters. The van der Waals surface area contributed by atoms with Crippen LogP contribution in [0.2, 0.25) is 0 Å². The average molecular weight is 240 g/mol. The van der Waals surface area contributed by atoms with Gasteiger partial charge in [-0.05, 0) is 30.7 Å². The second-order valence-electron chi connectivity index (χ2n) is 4.22. The van der Waals surface area contributed by atoms with Crippen LogP contribution >= 0.6 is 0 Å². The van der Waals surface area contributed by atoms with Gasteiger partial charge in [-0.1, -0.05) is 12.1 Å². The van der Waals surface area contributed by atoms with Crippen LogP contribution in [-0.2, 0) is 0 Å². The third-order valence-corrected chi connectivity index (χ3v) is 2.91. The number of imidazole rings is 1. The summed E-state index contributed by atoms with van der Waals surface area (Å²) < 4.78 is 0. The fourth-order valence-electron chi connectivity index (χ4n) is 2.01. The minimum absolute atomic E-state index is 0.244. The molecule has 3 aromatic rings. The zero-order valence-corrected chi connectivity index (χ0v) is 9.82. The largest absolute Gasteiger partial charge is 0.399 e. The zero-order chi connectivity index (χ0) is 12.7. The molecule has 18 heavy (non-hydrogen) atoms. The first-order valence-electron chi connectivity index (χ1n) is 5.59. The van der Waals surface area contributed by atoms with E-state index in [0.717, 1.165) is 22.5 Å². The van der Waals surface area contributed by atoms with Crippen LogP contribution < -0.4 is 11.4 Å². The maximum atomic E-state index is 11.2. The number of pyridine rings is 1. The molecule has 0 aliphatic carbocycles. The molecule has 2 heterocycles. The number of H-pyrrole nitrogens is 2. The topological polar surface area (TPSA) is 87.6 Å². The highest BCUT2D eigenvalue weighted by molar-refractivity contribution is 5.79. The summed E-state index contributed by atoms with van der Waals surface area (Å²) in [6.07, 6.45) is 0. The molecular weight excluding hydrogens is 228 g/mol. The number of aromatic amines is 2. The summed E-state index contributed by atoms with van der Waals surface area (Å²) in [7, 11) is 0. The van der Waals surface area contributed by atoms with Gasteiger partial charge in [-0.15, -0.1) is 0 Å². The Morgan fingerprint density at radius 2 is 1.89 bits per heavy atom. The van der Waals surface area contributed by atoms with E-state index in [-0.39, 0.29) is 5.69 Å². The van der Waals surface area contributed by atoms with Crippen LogP contribution in [0.1, 0.15) is 5.69 Å². The molecule has 0 saturated heterocycles. The third-order valence-electron chi connectivity index (χ3n) is 2.91. The van der Waals surface area contributed by atoms with Gasteiger partial charge in [0.2, 0.25) is 0 Å². The number of nitrogen functional groups attached to an aromatic ring is 1. The van der Waals surface area contributed by atoms with Crippen LogP contribution in [-0.4, -0.2) is 15.0 Å². The lowest BCUT2D eigenvalue weighted by molar-refractivity contribution is 1.18. The lowest BCUT2D eigenvalue weighted by Gasteiger charge is -2.05. The van der Waals surface area contributed by atoms with Crippen molar-refractivity contribution in [3.05, 3.63) is 46.5 Å². The molecule has 0 fully saturated rings. The lowest BCUT2D eigenvalue weighted by Crippen LogP contribution is -1.99. The molecule has 2 aromatic heterocycles. The molecule has 5 nitrogen and oxygen atoms in total. The quantitative estimate of drug-likeness (QED) is 0.567. The minimum Gasteiger partial charge on any atom is -0.399 e. The summed E-state index contributed by atoms with van der Waals surface area (Å²) in [6, 6.07) is 9.49. The molecule has 0 bridgehead atoms. The first-order chi connectivity index (χ1) is 8.63. The van der Waals surface area contributed by atoms with E-state index < -0.39 is 0 Å². The SMILES string of the molecule is Cc1nc2[nH]c(=O)[nH]c2cc1-c1ccc(N)cc1. The van der Waals surface area contributed by atoms with Crippen LogP contribution in [0.25, 0.3) is 22.3 Å². The van der Waals surface area contributed by atoms with Crippen LogP contribution in [0, 0.1) is 6.92 Å². The number of aryl methyl sites for hydroxylation is 1. The van der Waals surface area contributed by atoms with E-state index in [1.807, 2.05) is 37.3 Å². The molecule has 90 valence electrons. The van der Waals surface area contributed by atoms with Gasteiger partial charge < -0.3 is 10.7 Å². The lowest BCUT2D eigenvalue weighted by atomic mass is 10.0. The van der Waals surface area contributed by atoms with Crippen LogP contribution in [0.15, 0.2) is 35.1 Å². The van der Waals surface area contributed by atoms with Gasteiger partial charge in [0.1, 0.15) is 0 Å². The maximum absolute atomic E-state index is 11.2. The summed E-state index contributed by atoms with van der Waals surface area (Å²) in [5.74, 6) is 0. The highest BCUT2D eigenvalue weighted by Crippen LogP contribution is 2.25. The van der Waals surface area contributed by atoms with E-state index in [0.29, 0.717) is 11.2 Å². The Bertz CT molecular complexity index is 768. The first kappa shape index (κ1) is 10.6. The van der Waals surface area contributed by atoms with Crippen molar-refractivity contribution in [2.75, 3.05) is 5.73 Å². The number of nitrogens with one attached hydrogen (secondary N) is 2. The van der Waals surface area contributed by atoms with Gasteiger partial charge in [0, 0.05) is 16.9 Å². The second kappa shape index (κ2) is 3.73. The van der Waals surface area contributed by atoms with Crippen molar-refractivity contribution in [1.29, 1.82) is 0 Å². The number of nitrogens with zero attached hydrogens (tertiary/aromatic N) is 1. The van der Waals surface area contributed by atoms with Gasteiger partial charge in [-0.3, -0.25) is 4.98 Å². The van der Waals surface area contributed by atoms with Gasteiger partial charge in [0.25, 0.3) is 0 Å². The molecule has 0 spiro atoms. The standard InChI is InChI=1S/C13H12N4O/c1-7-10(8-2-4-9(14)5-3-8)6-11-12(15-7)17-13(18)16-11/h2-6H,14H2,1H3,(H2,15,16,17,18). The fourth-order valence-corrected chi connectivity index (χ4v) is 2.01. The molecule has 0 amide bonds. The van der Waals surface area contributed by atoms with Gasteiger partial charge in [-0.2, -0.15) is 0 Å². The molecule has 0 aliphatic heterocycles. The van der Waals surface area contributed by atoms with Crippen molar-refractivity contribution in [3.63, 3.8) is 0 Å². The van der Waals surface area contributed by atoms with Crippen molar-refractivity contribution >= 4 is 16.9 Å². The number of aromatic nitrogens is 3. The summed E-state index contributed by atoms with van der Waals surface area (Å²) in [5, 5.41) is 0. The molecule has 3 rings (SSSR count). The Kier molecular flexibility index (Phi) is 2.19. The number of benzene rings is 1. The molecule has 1 aromatic carbocycles. The fraction of sp³-hybridized carbons (Fsp3) is 0.0769. The van der Waals surface area contributed by atoms with Crippen LogP contribution in [0.4, 0.5) is 5.69 Å². The van der Waals surface area contributed by atoms with Crippen molar-refractivity contribution in [2.24, 2.45) is 0 Å². The number of nitrogens with two attached hydrogens (primary N) is 1. The number of anilines is 1. The van der Waals surface area contributed by atoms with Crippen molar-refractivity contribution in [2.45, 2.75) is 6.92 Å². The Morgan fingerprint density at radius 3 is 2.61 bits per heavy atom. The molecule has 4 N–H and O–H groups in total. The molecule has 0 unspecified atom stereocenters. The highest BCUT2D eigenvalue weighted by atomic mass is 16.1. The Morgan fingerprint density at radius 1 is 1.17 bits per heavy atom. The summed E-state index contributed by atoms with van der Waals surface area (Å²) in [5.41, 5.74) is 10.3. The predicted octanol–water partition coefficient (Wildman–Crippen LogP) is 1.81. The Labute approximate surface area is 103 Å². The Balaban J connectivity index is 2.24. The maximum Gasteiger partial charge on any atom is 0.325 e. The number of rotatable bonds is 1. The number of hydrogen-bond acceptors (Lipinski definition) is 3. The summed E-state index contributed by atoms with van der Waals surface area (Å²) in [6.45, 7) is 1.91. The minimum atomic E-state index is -0.244. The predicted molar refractivity (Wildman–Crippen MR) is 71.3 cm³/mol. The van der Waals surface area contributed by atoms with Gasteiger partial charge in [0.05, 0.1) is 5.52 Å². The molecule has 0 radical (unpaired) electrons. The van der Waals surface area contributed by atoms with Crippen molar-refractivity contribution in [1.82, 2.24) is 15.0 Å². The zero-order valence-electron chi connectivity index (χ0n) is 9.82. The monoisotopic (exact) mass is 240 g/mol. The Hall–Kier alpha value is -2.56. The average Bonchev–Trinajstić information content (AvgIpc) is 2.68. The number of hydrogen-bond donors (Lipinski definition) is 3. The van der Waals surface area contributed by atoms with E-state index in [2.05, 4.69) is 15.0 Å². The van der Waals surface area contributed by atoms with Crippen molar-refractivity contribution in [3.8, 4) is 11.1 Å². The summed E-state index contributed by atoms with van der Waals surface area (Å²) >= 11 is 0. The molecule has 5 heteroatoms. The van der Waals surface area contributed by atoms with E-state index in [4.69, 9.17) is 5.73 Å². The van der Waals surface area contributed by atoms with Crippen molar-refractivity contribution < 1.29 is 0 Å². The van der Waals surface area contributed by atoms with E-state index in [1.54, 1.807) is 0 Å². The smallest absolute Gasteiger partial charge is 0.325 e. The van der Waals surface area contributed by atoms with Gasteiger partial charge in [-0.25, -0.2) is 9.78 Å². The van der Waals surface area contributed by atoms with E-state index in [9.17, 15) is 4.79 Å². The van der Waals surface area contributed by atoms with Crippen LogP contribution in [0.3, 0.4) is 0 Å². The molecule has 0 saturated carbocycles. The second-order valence-corrected chi connectivity index (χ2v) is 4.22. The molecular formula is C13H12N4O. The van der Waals surface area contributed by atoms with E-state index >= 15 is 0 Å². The van der Waals surface area contributed by atoms with E-state index in [1.165, 1.54) is 0 Å². The first-order valence-corrected chi connectivity index (χ1v) is 5.59. The van der Waals surface area contributed by atoms with Crippen LogP contribution in [0.5, 0.6) is 0 Å². The third kappa shape index (κ3) is 1.66.